The van der Waals surface area contributed by atoms with Gasteiger partial charge in [-0.25, -0.2) is 0 Å². The van der Waals surface area contributed by atoms with E-state index >= 15 is 0 Å². The van der Waals surface area contributed by atoms with Crippen molar-refractivity contribution < 1.29 is 4.79 Å². The fourth-order valence-corrected chi connectivity index (χ4v) is 2.75. The summed E-state index contributed by atoms with van der Waals surface area (Å²) in [5, 5.41) is 0. The number of Topliss-reactive ketones (excluding diaryl/α,β-unsaturated/α-hetero) is 1. The lowest BCUT2D eigenvalue weighted by Crippen LogP contribution is -2.22. The second-order valence-corrected chi connectivity index (χ2v) is 6.59. The monoisotopic (exact) mass is 325 g/mol. The van der Waals surface area contributed by atoms with E-state index in [0.717, 1.165) is 38.5 Å². The van der Waals surface area contributed by atoms with Crippen LogP contribution < -0.4 is 11.5 Å². The molecule has 0 rings (SSSR count). The Morgan fingerprint density at radius 2 is 1.13 bits per heavy atom. The molecule has 0 aliphatic heterocycles. The third-order valence-corrected chi connectivity index (χ3v) is 4.22. The van der Waals surface area contributed by atoms with Crippen LogP contribution in [0.3, 0.4) is 0 Å². The van der Waals surface area contributed by atoms with Crippen LogP contribution in [0.2, 0.25) is 0 Å². The van der Waals surface area contributed by atoms with Crippen molar-refractivity contribution in [2.75, 3.05) is 6.54 Å². The van der Waals surface area contributed by atoms with Crippen molar-refractivity contribution in [3.8, 4) is 0 Å². The third-order valence-electron chi connectivity index (χ3n) is 4.22. The molecule has 0 aliphatic carbocycles. The van der Waals surface area contributed by atoms with Crippen molar-refractivity contribution in [3.63, 3.8) is 0 Å². The Labute approximate surface area is 143 Å². The lowest BCUT2D eigenvalue weighted by atomic mass is 10.0. The van der Waals surface area contributed by atoms with Gasteiger partial charge in [0.05, 0.1) is 0 Å². The summed E-state index contributed by atoms with van der Waals surface area (Å²) in [6.07, 6.45) is 17.6. The number of guanidine groups is 1. The molecule has 0 unspecified atom stereocenters. The molecule has 23 heavy (non-hydrogen) atoms. The van der Waals surface area contributed by atoms with Gasteiger partial charge in [0.2, 0.25) is 0 Å². The summed E-state index contributed by atoms with van der Waals surface area (Å²) < 4.78 is 0. The number of carbonyl (C=O) groups excluding carboxylic acids is 1. The van der Waals surface area contributed by atoms with Gasteiger partial charge in [-0.2, -0.15) is 0 Å². The van der Waals surface area contributed by atoms with Gasteiger partial charge in [-0.3, -0.25) is 9.79 Å². The maximum Gasteiger partial charge on any atom is 0.185 e. The number of carbonyl (C=O) groups is 1. The molecule has 0 aromatic heterocycles. The minimum Gasteiger partial charge on any atom is -0.370 e. The van der Waals surface area contributed by atoms with Crippen LogP contribution in [-0.2, 0) is 4.79 Å². The van der Waals surface area contributed by atoms with Gasteiger partial charge in [0.1, 0.15) is 5.78 Å². The lowest BCUT2D eigenvalue weighted by Gasteiger charge is -2.03. The van der Waals surface area contributed by atoms with Gasteiger partial charge in [-0.05, 0) is 19.3 Å². The summed E-state index contributed by atoms with van der Waals surface area (Å²) >= 11 is 0. The zero-order valence-corrected chi connectivity index (χ0v) is 15.3. The minimum absolute atomic E-state index is 0.155. The largest absolute Gasteiger partial charge is 0.370 e. The average molecular weight is 326 g/mol. The standard InChI is InChI=1S/C19H39N3O/c1-2-3-4-5-6-7-8-9-10-12-15-18(23)16-13-11-14-17-22-19(20)21/h2-17H2,1H3,(H4,20,21,22). The topological polar surface area (TPSA) is 81.5 Å². The molecule has 4 heteroatoms. The van der Waals surface area contributed by atoms with E-state index in [0.29, 0.717) is 12.3 Å². The van der Waals surface area contributed by atoms with Gasteiger partial charge in [0.15, 0.2) is 5.96 Å². The SMILES string of the molecule is CCCCCCCCCCCCC(=O)CCCCCN=C(N)N. The molecule has 4 N–H and O–H groups in total. The van der Waals surface area contributed by atoms with Gasteiger partial charge in [0, 0.05) is 19.4 Å². The van der Waals surface area contributed by atoms with Crippen LogP contribution in [0.15, 0.2) is 4.99 Å². The second kappa shape index (κ2) is 17.3. The molecule has 0 saturated heterocycles. The molecule has 0 aromatic rings. The summed E-state index contributed by atoms with van der Waals surface area (Å²) in [5.74, 6) is 0.577. The normalized spacial score (nSPS) is 10.7. The lowest BCUT2D eigenvalue weighted by molar-refractivity contribution is -0.119. The first-order valence-electron chi connectivity index (χ1n) is 9.74. The van der Waals surface area contributed by atoms with Crippen molar-refractivity contribution in [1.82, 2.24) is 0 Å². The van der Waals surface area contributed by atoms with Crippen molar-refractivity contribution in [1.29, 1.82) is 0 Å². The Kier molecular flexibility index (Phi) is 16.5. The maximum atomic E-state index is 11.8. The quantitative estimate of drug-likeness (QED) is 0.231. The zero-order valence-electron chi connectivity index (χ0n) is 15.3. The Bertz CT molecular complexity index is 299. The van der Waals surface area contributed by atoms with Gasteiger partial charge >= 0.3 is 0 Å². The summed E-state index contributed by atoms with van der Waals surface area (Å²) in [7, 11) is 0. The van der Waals surface area contributed by atoms with Crippen molar-refractivity contribution in [2.24, 2.45) is 16.5 Å². The number of nitrogens with zero attached hydrogens (tertiary/aromatic N) is 1. The van der Waals surface area contributed by atoms with Gasteiger partial charge in [-0.15, -0.1) is 0 Å². The number of rotatable bonds is 17. The first-order chi connectivity index (χ1) is 11.2. The number of unbranched alkanes of at least 4 members (excludes halogenated alkanes) is 11. The van der Waals surface area contributed by atoms with Crippen LogP contribution in [0.1, 0.15) is 103 Å². The van der Waals surface area contributed by atoms with E-state index in [1.165, 1.54) is 57.8 Å². The molecule has 0 amide bonds. The summed E-state index contributed by atoms with van der Waals surface area (Å²) in [6, 6.07) is 0. The van der Waals surface area contributed by atoms with E-state index in [-0.39, 0.29) is 5.96 Å². The highest BCUT2D eigenvalue weighted by Crippen LogP contribution is 2.12. The molecule has 4 nitrogen and oxygen atoms in total. The number of hydrogen-bond donors (Lipinski definition) is 2. The van der Waals surface area contributed by atoms with Crippen molar-refractivity contribution in [3.05, 3.63) is 0 Å². The molecule has 0 bridgehead atoms. The molecule has 0 atom stereocenters. The Morgan fingerprint density at radius 3 is 1.61 bits per heavy atom. The van der Waals surface area contributed by atoms with Gasteiger partial charge in [-0.1, -0.05) is 71.1 Å². The molecule has 0 aromatic carbocycles. The minimum atomic E-state index is 0.155. The van der Waals surface area contributed by atoms with E-state index in [1.807, 2.05) is 0 Å². The highest BCUT2D eigenvalue weighted by Gasteiger charge is 2.01. The first kappa shape index (κ1) is 21.9. The molecule has 0 aliphatic rings. The fraction of sp³-hybridized carbons (Fsp3) is 0.895. The second-order valence-electron chi connectivity index (χ2n) is 6.59. The van der Waals surface area contributed by atoms with Gasteiger partial charge in [0.25, 0.3) is 0 Å². The van der Waals surface area contributed by atoms with Crippen LogP contribution >= 0.6 is 0 Å². The molecule has 0 heterocycles. The Morgan fingerprint density at radius 1 is 0.696 bits per heavy atom. The van der Waals surface area contributed by atoms with Crippen LogP contribution in [-0.4, -0.2) is 18.3 Å². The summed E-state index contributed by atoms with van der Waals surface area (Å²) in [4.78, 5) is 15.7. The van der Waals surface area contributed by atoms with Crippen LogP contribution in [0.4, 0.5) is 0 Å². The molecular formula is C19H39N3O. The predicted octanol–water partition coefficient (Wildman–Crippen LogP) is 4.70. The predicted molar refractivity (Wildman–Crippen MR) is 101 cm³/mol. The summed E-state index contributed by atoms with van der Waals surface area (Å²) in [6.45, 7) is 2.93. The molecule has 136 valence electrons. The fourth-order valence-electron chi connectivity index (χ4n) is 2.75. The van der Waals surface area contributed by atoms with E-state index in [1.54, 1.807) is 0 Å². The van der Waals surface area contributed by atoms with E-state index < -0.39 is 0 Å². The molecule has 0 spiro atoms. The number of nitrogens with two attached hydrogens (primary N) is 2. The Hall–Kier alpha value is -1.06. The van der Waals surface area contributed by atoms with E-state index in [4.69, 9.17) is 11.5 Å². The molecule has 0 saturated carbocycles. The zero-order chi connectivity index (χ0) is 17.2. The summed E-state index contributed by atoms with van der Waals surface area (Å²) in [5.41, 5.74) is 10.5. The number of ketones is 1. The number of aliphatic imine (C=N–C) groups is 1. The highest BCUT2D eigenvalue weighted by molar-refractivity contribution is 5.78. The highest BCUT2D eigenvalue weighted by atomic mass is 16.1. The molecule has 0 fully saturated rings. The van der Waals surface area contributed by atoms with Crippen LogP contribution in [0, 0.1) is 0 Å². The molecular weight excluding hydrogens is 286 g/mol. The third kappa shape index (κ3) is 18.9. The van der Waals surface area contributed by atoms with Crippen LogP contribution in [0.25, 0.3) is 0 Å². The maximum absolute atomic E-state index is 11.8. The smallest absolute Gasteiger partial charge is 0.185 e. The van der Waals surface area contributed by atoms with E-state index in [9.17, 15) is 4.79 Å². The van der Waals surface area contributed by atoms with E-state index in [2.05, 4.69) is 11.9 Å². The van der Waals surface area contributed by atoms with Crippen molar-refractivity contribution in [2.45, 2.75) is 103 Å². The number of hydrogen-bond acceptors (Lipinski definition) is 2. The van der Waals surface area contributed by atoms with Crippen molar-refractivity contribution >= 4 is 11.7 Å². The Balaban J connectivity index is 3.20. The average Bonchev–Trinajstić information content (AvgIpc) is 2.52. The first-order valence-corrected chi connectivity index (χ1v) is 9.74. The van der Waals surface area contributed by atoms with Crippen LogP contribution in [0.5, 0.6) is 0 Å². The van der Waals surface area contributed by atoms with Gasteiger partial charge < -0.3 is 11.5 Å². The molecule has 0 radical (unpaired) electrons.